The second-order valence-electron chi connectivity index (χ2n) is 9.02. The van der Waals surface area contributed by atoms with Crippen molar-refractivity contribution in [2.45, 2.75) is 45.8 Å². The zero-order valence-corrected chi connectivity index (χ0v) is 18.6. The molecule has 0 saturated carbocycles. The maximum Gasteiger partial charge on any atom is 0.315 e. The van der Waals surface area contributed by atoms with Gasteiger partial charge in [0.15, 0.2) is 0 Å². The summed E-state index contributed by atoms with van der Waals surface area (Å²) in [7, 11) is 3.55. The lowest BCUT2D eigenvalue weighted by atomic mass is 9.78. The molecule has 7 nitrogen and oxygen atoms in total. The topological polar surface area (TPSA) is 77.4 Å². The average molecular weight is 415 g/mol. The molecule has 3 atom stereocenters. The Bertz CT molecular complexity index is 843. The van der Waals surface area contributed by atoms with Crippen LogP contribution in [0.25, 0.3) is 0 Å². The third-order valence-electron chi connectivity index (χ3n) is 5.64. The highest BCUT2D eigenvalue weighted by molar-refractivity contribution is 5.74. The van der Waals surface area contributed by atoms with Crippen LogP contribution in [-0.2, 0) is 11.8 Å². The lowest BCUT2D eigenvalue weighted by Crippen LogP contribution is -2.47. The minimum atomic E-state index is -0.388. The zero-order valence-electron chi connectivity index (χ0n) is 18.6. The highest BCUT2D eigenvalue weighted by Gasteiger charge is 2.35. The van der Waals surface area contributed by atoms with Crippen molar-refractivity contribution < 1.29 is 14.3 Å². The number of hydrogen-bond donors (Lipinski definition) is 2. The third-order valence-corrected chi connectivity index (χ3v) is 5.64. The molecule has 1 aromatic heterocycles. The minimum absolute atomic E-state index is 0.0410. The molecule has 30 heavy (non-hydrogen) atoms. The Morgan fingerprint density at radius 2 is 2.20 bits per heavy atom. The highest BCUT2D eigenvalue weighted by Crippen LogP contribution is 2.33. The number of urea groups is 1. The first-order valence-electron chi connectivity index (χ1n) is 10.6. The van der Waals surface area contributed by atoms with Gasteiger partial charge in [-0.25, -0.2) is 9.78 Å². The van der Waals surface area contributed by atoms with Crippen LogP contribution in [0.3, 0.4) is 0 Å². The van der Waals surface area contributed by atoms with Crippen LogP contribution in [0.1, 0.15) is 51.0 Å². The number of hydrogen-bond acceptors (Lipinski definition) is 4. The molecule has 1 saturated heterocycles. The number of nitrogens with one attached hydrogen (secondary N) is 2. The van der Waals surface area contributed by atoms with Crippen molar-refractivity contribution >= 4 is 6.03 Å². The van der Waals surface area contributed by atoms with E-state index in [1.54, 1.807) is 13.3 Å². The molecule has 3 unspecified atom stereocenters. The van der Waals surface area contributed by atoms with E-state index in [-0.39, 0.29) is 23.6 Å². The van der Waals surface area contributed by atoms with E-state index in [1.807, 2.05) is 42.1 Å². The van der Waals surface area contributed by atoms with Crippen molar-refractivity contribution in [3.05, 3.63) is 48.0 Å². The van der Waals surface area contributed by atoms with Gasteiger partial charge in [-0.1, -0.05) is 32.9 Å². The number of imidazole rings is 1. The standard InChI is InChI=1S/C23H34N4O3/c1-23(2,3)20-17(9-7-13-30-20)15-25-22(28)26-19(21-24-11-12-27(21)4)16-8-6-10-18(14-16)29-5/h6,8,10-12,14,17,19-20H,7,9,13,15H2,1-5H3,(H2,25,26,28). The normalized spacial score (nSPS) is 20.4. The van der Waals surface area contributed by atoms with Crippen LogP contribution < -0.4 is 15.4 Å². The maximum absolute atomic E-state index is 12.9. The van der Waals surface area contributed by atoms with Crippen LogP contribution in [0.4, 0.5) is 4.79 Å². The van der Waals surface area contributed by atoms with Gasteiger partial charge in [-0.2, -0.15) is 0 Å². The summed E-state index contributed by atoms with van der Waals surface area (Å²) in [6, 6.07) is 7.08. The van der Waals surface area contributed by atoms with Gasteiger partial charge in [0.2, 0.25) is 0 Å². The summed E-state index contributed by atoms with van der Waals surface area (Å²) in [5.74, 6) is 1.79. The van der Waals surface area contributed by atoms with Crippen molar-refractivity contribution in [3.63, 3.8) is 0 Å². The SMILES string of the molecule is COc1cccc(C(NC(=O)NCC2CCCOC2C(C)(C)C)c2nccn2C)c1. The molecule has 2 amide bonds. The Kier molecular flexibility index (Phi) is 7.02. The number of aryl methyl sites for hydroxylation is 1. The van der Waals surface area contributed by atoms with Crippen LogP contribution in [0.2, 0.25) is 0 Å². The Balaban J connectivity index is 1.71. The molecule has 7 heteroatoms. The lowest BCUT2D eigenvalue weighted by molar-refractivity contribution is -0.0838. The Labute approximate surface area is 179 Å². The highest BCUT2D eigenvalue weighted by atomic mass is 16.5. The molecule has 1 fully saturated rings. The molecule has 0 bridgehead atoms. The number of ether oxygens (including phenoxy) is 2. The molecule has 2 N–H and O–H groups in total. The van der Waals surface area contributed by atoms with Crippen LogP contribution >= 0.6 is 0 Å². The van der Waals surface area contributed by atoms with E-state index >= 15 is 0 Å². The van der Waals surface area contributed by atoms with Crippen molar-refractivity contribution in [2.75, 3.05) is 20.3 Å². The largest absolute Gasteiger partial charge is 0.497 e. The van der Waals surface area contributed by atoms with Crippen LogP contribution in [0.15, 0.2) is 36.7 Å². The first kappa shape index (κ1) is 22.2. The van der Waals surface area contributed by atoms with E-state index in [0.717, 1.165) is 36.6 Å². The molecular formula is C23H34N4O3. The van der Waals surface area contributed by atoms with E-state index in [0.29, 0.717) is 12.5 Å². The number of benzene rings is 1. The molecule has 2 aromatic rings. The number of nitrogens with zero attached hydrogens (tertiary/aromatic N) is 2. The molecule has 3 rings (SSSR count). The number of amides is 2. The summed E-state index contributed by atoms with van der Waals surface area (Å²) < 4.78 is 13.3. The summed E-state index contributed by atoms with van der Waals surface area (Å²) in [6.45, 7) is 7.95. The van der Waals surface area contributed by atoms with Crippen molar-refractivity contribution in [2.24, 2.45) is 18.4 Å². The quantitative estimate of drug-likeness (QED) is 0.756. The maximum atomic E-state index is 12.9. The van der Waals surface area contributed by atoms with Gasteiger partial charge in [-0.05, 0) is 36.0 Å². The number of methoxy groups -OCH3 is 1. The molecule has 164 valence electrons. The Hall–Kier alpha value is -2.54. The number of carbonyl (C=O) groups excluding carboxylic acids is 1. The number of aromatic nitrogens is 2. The summed E-state index contributed by atoms with van der Waals surface area (Å²) in [5.41, 5.74) is 0.951. The molecular weight excluding hydrogens is 380 g/mol. The van der Waals surface area contributed by atoms with Gasteiger partial charge in [-0.15, -0.1) is 0 Å². The van der Waals surface area contributed by atoms with Crippen molar-refractivity contribution in [3.8, 4) is 5.75 Å². The number of carbonyl (C=O) groups is 1. The van der Waals surface area contributed by atoms with E-state index in [4.69, 9.17) is 9.47 Å². The molecule has 2 heterocycles. The lowest BCUT2D eigenvalue weighted by Gasteiger charge is -2.40. The molecule has 0 aliphatic carbocycles. The van der Waals surface area contributed by atoms with Crippen molar-refractivity contribution in [1.82, 2.24) is 20.2 Å². The smallest absolute Gasteiger partial charge is 0.315 e. The van der Waals surface area contributed by atoms with E-state index in [2.05, 4.69) is 36.4 Å². The van der Waals surface area contributed by atoms with Gasteiger partial charge in [0.25, 0.3) is 0 Å². The van der Waals surface area contributed by atoms with Crippen LogP contribution in [-0.4, -0.2) is 41.9 Å². The van der Waals surface area contributed by atoms with Crippen LogP contribution in [0, 0.1) is 11.3 Å². The Morgan fingerprint density at radius 3 is 2.87 bits per heavy atom. The molecule has 0 radical (unpaired) electrons. The van der Waals surface area contributed by atoms with Crippen molar-refractivity contribution in [1.29, 1.82) is 0 Å². The molecule has 1 aliphatic heterocycles. The first-order chi connectivity index (χ1) is 14.3. The second kappa shape index (κ2) is 9.51. The predicted octanol–water partition coefficient (Wildman–Crippen LogP) is 3.66. The Morgan fingerprint density at radius 1 is 1.40 bits per heavy atom. The summed E-state index contributed by atoms with van der Waals surface area (Å²) >= 11 is 0. The van der Waals surface area contributed by atoms with Crippen LogP contribution in [0.5, 0.6) is 5.75 Å². The molecule has 0 spiro atoms. The van der Waals surface area contributed by atoms with Gasteiger partial charge in [0.1, 0.15) is 17.6 Å². The van der Waals surface area contributed by atoms with Gasteiger partial charge < -0.3 is 24.7 Å². The molecule has 1 aromatic carbocycles. The summed E-state index contributed by atoms with van der Waals surface area (Å²) in [6.07, 6.45) is 5.82. The summed E-state index contributed by atoms with van der Waals surface area (Å²) in [5, 5.41) is 6.16. The van der Waals surface area contributed by atoms with Gasteiger partial charge in [-0.3, -0.25) is 0 Å². The molecule has 1 aliphatic rings. The monoisotopic (exact) mass is 414 g/mol. The zero-order chi connectivity index (χ0) is 21.7. The van der Waals surface area contributed by atoms with E-state index in [1.165, 1.54) is 0 Å². The third kappa shape index (κ3) is 5.33. The predicted molar refractivity (Wildman–Crippen MR) is 116 cm³/mol. The number of rotatable bonds is 6. The van der Waals surface area contributed by atoms with E-state index < -0.39 is 0 Å². The summed E-state index contributed by atoms with van der Waals surface area (Å²) in [4.78, 5) is 17.3. The van der Waals surface area contributed by atoms with E-state index in [9.17, 15) is 4.79 Å². The second-order valence-corrected chi connectivity index (χ2v) is 9.02. The van der Waals surface area contributed by atoms with Gasteiger partial charge in [0.05, 0.1) is 13.2 Å². The fraction of sp³-hybridized carbons (Fsp3) is 0.565. The fourth-order valence-corrected chi connectivity index (χ4v) is 4.19. The van der Waals surface area contributed by atoms with Gasteiger partial charge >= 0.3 is 6.03 Å². The first-order valence-corrected chi connectivity index (χ1v) is 10.6. The fourth-order valence-electron chi connectivity index (χ4n) is 4.19. The average Bonchev–Trinajstić information content (AvgIpc) is 3.15. The minimum Gasteiger partial charge on any atom is -0.497 e. The van der Waals surface area contributed by atoms with Gasteiger partial charge in [0, 0.05) is 38.5 Å².